The van der Waals surface area contributed by atoms with E-state index in [-0.39, 0.29) is 24.0 Å². The third kappa shape index (κ3) is 6.55. The Morgan fingerprint density at radius 1 is 1.50 bits per heavy atom. The van der Waals surface area contributed by atoms with Gasteiger partial charge < -0.3 is 19.4 Å². The highest BCUT2D eigenvalue weighted by atomic mass is 127. The number of halogens is 1. The predicted molar refractivity (Wildman–Crippen MR) is 115 cm³/mol. The van der Waals surface area contributed by atoms with E-state index >= 15 is 0 Å². The first-order valence-electron chi connectivity index (χ1n) is 8.71. The molecule has 8 heteroatoms. The number of ether oxygens (including phenoxy) is 1. The van der Waals surface area contributed by atoms with Gasteiger partial charge in [-0.2, -0.15) is 0 Å². The third-order valence-electron chi connectivity index (χ3n) is 4.19. The first-order chi connectivity index (χ1) is 12.2. The largest absolute Gasteiger partial charge is 0.469 e. The van der Waals surface area contributed by atoms with Crippen molar-refractivity contribution in [3.05, 3.63) is 40.2 Å². The maximum absolute atomic E-state index is 5.45. The third-order valence-corrected chi connectivity index (χ3v) is 5.01. The highest BCUT2D eigenvalue weighted by Gasteiger charge is 2.16. The van der Waals surface area contributed by atoms with Gasteiger partial charge in [0.25, 0.3) is 0 Å². The first kappa shape index (κ1) is 21.2. The normalized spacial score (nSPS) is 17.2. The minimum absolute atomic E-state index is 0. The van der Waals surface area contributed by atoms with Gasteiger partial charge in [-0.25, -0.2) is 4.98 Å². The molecule has 1 unspecified atom stereocenters. The van der Waals surface area contributed by atoms with Crippen LogP contribution in [0.2, 0.25) is 0 Å². The number of nitrogens with one attached hydrogen (secondary N) is 1. The van der Waals surface area contributed by atoms with Crippen molar-refractivity contribution < 1.29 is 9.15 Å². The Morgan fingerprint density at radius 2 is 2.38 bits per heavy atom. The summed E-state index contributed by atoms with van der Waals surface area (Å²) in [6.07, 6.45) is 3.64. The lowest BCUT2D eigenvalue weighted by molar-refractivity contribution is 0.187. The number of guanidine groups is 1. The van der Waals surface area contributed by atoms with E-state index in [0.29, 0.717) is 5.92 Å². The van der Waals surface area contributed by atoms with Crippen molar-refractivity contribution >= 4 is 41.3 Å². The van der Waals surface area contributed by atoms with Gasteiger partial charge in [-0.05, 0) is 25.5 Å². The van der Waals surface area contributed by atoms with Crippen LogP contribution in [0.15, 0.2) is 33.2 Å². The number of aryl methyl sites for hydroxylation is 1. The molecule has 1 aliphatic rings. The molecule has 0 saturated carbocycles. The number of furan rings is 1. The molecule has 0 spiro atoms. The Labute approximate surface area is 176 Å². The zero-order valence-electron chi connectivity index (χ0n) is 15.3. The highest BCUT2D eigenvalue weighted by molar-refractivity contribution is 14.0. The lowest BCUT2D eigenvalue weighted by atomic mass is 10.1. The Kier molecular flexibility index (Phi) is 8.86. The van der Waals surface area contributed by atoms with Crippen molar-refractivity contribution in [1.82, 2.24) is 15.2 Å². The molecule has 2 aromatic heterocycles. The van der Waals surface area contributed by atoms with E-state index in [9.17, 15) is 0 Å². The molecule has 1 N–H and O–H groups in total. The molecule has 0 amide bonds. The molecule has 1 fully saturated rings. The van der Waals surface area contributed by atoms with Gasteiger partial charge in [-0.15, -0.1) is 35.3 Å². The van der Waals surface area contributed by atoms with Crippen LogP contribution in [0.5, 0.6) is 0 Å². The maximum Gasteiger partial charge on any atom is 0.194 e. The van der Waals surface area contributed by atoms with Crippen molar-refractivity contribution in [1.29, 1.82) is 0 Å². The predicted octanol–water partition coefficient (Wildman–Crippen LogP) is 3.32. The molecule has 1 atom stereocenters. The summed E-state index contributed by atoms with van der Waals surface area (Å²) in [5.41, 5.74) is 1.08. The van der Waals surface area contributed by atoms with Crippen molar-refractivity contribution in [3.63, 3.8) is 0 Å². The molecule has 1 aliphatic heterocycles. The van der Waals surface area contributed by atoms with Crippen LogP contribution in [0.1, 0.15) is 22.9 Å². The molecule has 0 aromatic carbocycles. The van der Waals surface area contributed by atoms with Crippen LogP contribution in [-0.4, -0.2) is 49.2 Å². The number of aromatic nitrogens is 1. The van der Waals surface area contributed by atoms with Gasteiger partial charge in [0.15, 0.2) is 5.96 Å². The summed E-state index contributed by atoms with van der Waals surface area (Å²) < 4.78 is 10.9. The fraction of sp³-hybridized carbons (Fsp3) is 0.556. The summed E-state index contributed by atoms with van der Waals surface area (Å²) in [6.45, 7) is 6.04. The van der Waals surface area contributed by atoms with E-state index in [2.05, 4.69) is 27.6 Å². The summed E-state index contributed by atoms with van der Waals surface area (Å²) in [6, 6.07) is 3.91. The van der Waals surface area contributed by atoms with Gasteiger partial charge in [0.1, 0.15) is 5.76 Å². The number of rotatable bonds is 7. The average molecular weight is 490 g/mol. The number of hydrogen-bond acceptors (Lipinski definition) is 5. The summed E-state index contributed by atoms with van der Waals surface area (Å²) in [7, 11) is 2.05. The second-order valence-corrected chi connectivity index (χ2v) is 7.43. The molecule has 6 nitrogen and oxygen atoms in total. The highest BCUT2D eigenvalue weighted by Crippen LogP contribution is 2.13. The molecular formula is C18H27IN4O2S. The van der Waals surface area contributed by atoms with Crippen LogP contribution in [0.25, 0.3) is 0 Å². The molecule has 0 radical (unpaired) electrons. The average Bonchev–Trinajstić information content (AvgIpc) is 3.34. The van der Waals surface area contributed by atoms with Crippen molar-refractivity contribution in [3.8, 4) is 0 Å². The van der Waals surface area contributed by atoms with Gasteiger partial charge in [-0.1, -0.05) is 0 Å². The summed E-state index contributed by atoms with van der Waals surface area (Å²) in [5, 5.41) is 6.66. The van der Waals surface area contributed by atoms with Crippen molar-refractivity contribution in [2.45, 2.75) is 26.3 Å². The minimum Gasteiger partial charge on any atom is -0.469 e. The molecule has 0 aliphatic carbocycles. The Bertz CT molecular complexity index is 669. The topological polar surface area (TPSA) is 62.9 Å². The van der Waals surface area contributed by atoms with Gasteiger partial charge in [0, 0.05) is 44.5 Å². The number of nitrogens with zero attached hydrogens (tertiary/aromatic N) is 3. The number of thiazole rings is 1. The summed E-state index contributed by atoms with van der Waals surface area (Å²) in [4.78, 5) is 11.5. The number of hydrogen-bond donors (Lipinski definition) is 1. The molecular weight excluding hydrogens is 463 g/mol. The smallest absolute Gasteiger partial charge is 0.194 e. The fourth-order valence-corrected chi connectivity index (χ4v) is 3.41. The van der Waals surface area contributed by atoms with E-state index in [1.807, 2.05) is 19.1 Å². The van der Waals surface area contributed by atoms with Gasteiger partial charge in [0.2, 0.25) is 0 Å². The van der Waals surface area contributed by atoms with Crippen LogP contribution in [0.4, 0.5) is 0 Å². The first-order valence-corrected chi connectivity index (χ1v) is 9.59. The zero-order valence-corrected chi connectivity index (χ0v) is 18.5. The van der Waals surface area contributed by atoms with Crippen LogP contribution < -0.4 is 5.32 Å². The van der Waals surface area contributed by atoms with Gasteiger partial charge in [-0.3, -0.25) is 4.99 Å². The number of aliphatic imine (C=N–C) groups is 1. The van der Waals surface area contributed by atoms with Gasteiger partial charge >= 0.3 is 0 Å². The van der Waals surface area contributed by atoms with E-state index < -0.39 is 0 Å². The molecule has 26 heavy (non-hydrogen) atoms. The van der Waals surface area contributed by atoms with E-state index in [0.717, 1.165) is 68.1 Å². The van der Waals surface area contributed by atoms with Crippen LogP contribution in [0.3, 0.4) is 0 Å². The van der Waals surface area contributed by atoms with E-state index in [4.69, 9.17) is 14.1 Å². The quantitative estimate of drug-likeness (QED) is 0.367. The van der Waals surface area contributed by atoms with Gasteiger partial charge in [0.05, 0.1) is 30.1 Å². The van der Waals surface area contributed by atoms with Crippen molar-refractivity contribution in [2.75, 3.05) is 33.4 Å². The molecule has 2 aromatic rings. The maximum atomic E-state index is 5.45. The SMILES string of the molecule is Cc1nc(CN(C)C(=NCC2CCOC2)NCCc2ccco2)cs1.I. The summed E-state index contributed by atoms with van der Waals surface area (Å²) in [5.74, 6) is 2.41. The lowest BCUT2D eigenvalue weighted by Gasteiger charge is -2.22. The second-order valence-electron chi connectivity index (χ2n) is 6.36. The lowest BCUT2D eigenvalue weighted by Crippen LogP contribution is -2.40. The van der Waals surface area contributed by atoms with Crippen LogP contribution >= 0.6 is 35.3 Å². The van der Waals surface area contributed by atoms with Crippen LogP contribution in [-0.2, 0) is 17.7 Å². The summed E-state index contributed by atoms with van der Waals surface area (Å²) >= 11 is 1.68. The standard InChI is InChI=1S/C18H26N4O2S.HI/c1-14-21-16(13-25-14)11-22(2)18(20-10-15-6-9-23-12-15)19-7-5-17-4-3-8-24-17;/h3-4,8,13,15H,5-7,9-12H2,1-2H3,(H,19,20);1H. The van der Waals surface area contributed by atoms with E-state index in [1.165, 1.54) is 0 Å². The van der Waals surface area contributed by atoms with E-state index in [1.54, 1.807) is 17.6 Å². The Morgan fingerprint density at radius 3 is 3.04 bits per heavy atom. The van der Waals surface area contributed by atoms with Crippen molar-refractivity contribution in [2.24, 2.45) is 10.9 Å². The fourth-order valence-electron chi connectivity index (χ4n) is 2.81. The molecule has 3 heterocycles. The Balaban J connectivity index is 0.00000243. The monoisotopic (exact) mass is 490 g/mol. The molecule has 1 saturated heterocycles. The molecule has 144 valence electrons. The molecule has 0 bridgehead atoms. The second kappa shape index (κ2) is 10.9. The van der Waals surface area contributed by atoms with Crippen LogP contribution in [0, 0.1) is 12.8 Å². The zero-order chi connectivity index (χ0) is 17.5. The Hall–Kier alpha value is -1.13. The minimum atomic E-state index is 0. The molecule has 3 rings (SSSR count).